The largest absolute Gasteiger partial charge is 0.364 e. The van der Waals surface area contributed by atoms with E-state index in [4.69, 9.17) is 17.3 Å². The van der Waals surface area contributed by atoms with Crippen LogP contribution >= 0.6 is 11.6 Å². The van der Waals surface area contributed by atoms with E-state index in [2.05, 4.69) is 9.55 Å². The lowest BCUT2D eigenvalue weighted by atomic mass is 10.2. The quantitative estimate of drug-likeness (QED) is 0.804. The van der Waals surface area contributed by atoms with Gasteiger partial charge in [0.2, 0.25) is 0 Å². The molecule has 0 saturated carbocycles. The maximum Gasteiger partial charge on any atom is 0.267 e. The number of fused-ring (bicyclic) bond motifs is 1. The molecule has 2 N–H and O–H groups in total. The molecule has 0 unspecified atom stereocenters. The van der Waals surface area contributed by atoms with Crippen molar-refractivity contribution in [2.45, 2.75) is 6.54 Å². The lowest BCUT2D eigenvalue weighted by Crippen LogP contribution is -2.12. The average Bonchev–Trinajstić information content (AvgIpc) is 2.81. The van der Waals surface area contributed by atoms with Crippen molar-refractivity contribution in [1.82, 2.24) is 9.55 Å². The second-order valence-electron chi connectivity index (χ2n) is 4.57. The number of hydrogen-bond acceptors (Lipinski definition) is 2. The van der Waals surface area contributed by atoms with Gasteiger partial charge >= 0.3 is 0 Å². The SMILES string of the molecule is NC(=O)c1cc2ccn(Cc3cccc(Cl)c3)c2cn1. The number of aromatic nitrogens is 2. The fourth-order valence-corrected chi connectivity index (χ4v) is 2.41. The Labute approximate surface area is 120 Å². The van der Waals surface area contributed by atoms with E-state index >= 15 is 0 Å². The van der Waals surface area contributed by atoms with Gasteiger partial charge in [-0.15, -0.1) is 0 Å². The molecule has 0 radical (unpaired) electrons. The Morgan fingerprint density at radius 2 is 2.15 bits per heavy atom. The number of benzene rings is 1. The predicted octanol–water partition coefficient (Wildman–Crippen LogP) is 2.84. The summed E-state index contributed by atoms with van der Waals surface area (Å²) in [6, 6.07) is 11.4. The molecule has 0 aliphatic heterocycles. The monoisotopic (exact) mass is 285 g/mol. The number of nitrogens with two attached hydrogens (primary N) is 1. The third kappa shape index (κ3) is 2.38. The number of rotatable bonds is 3. The van der Waals surface area contributed by atoms with Crippen LogP contribution in [0.2, 0.25) is 5.02 Å². The Balaban J connectivity index is 1.98. The Bertz CT molecular complexity index is 795. The highest BCUT2D eigenvalue weighted by atomic mass is 35.5. The number of pyridine rings is 1. The number of primary amides is 1. The van der Waals surface area contributed by atoms with E-state index in [0.717, 1.165) is 16.5 Å². The molecule has 2 aromatic heterocycles. The summed E-state index contributed by atoms with van der Waals surface area (Å²) in [7, 11) is 0. The van der Waals surface area contributed by atoms with Crippen molar-refractivity contribution in [3.63, 3.8) is 0 Å². The van der Waals surface area contributed by atoms with Gasteiger partial charge < -0.3 is 10.3 Å². The predicted molar refractivity (Wildman–Crippen MR) is 78.8 cm³/mol. The fraction of sp³-hybridized carbons (Fsp3) is 0.0667. The first-order valence-electron chi connectivity index (χ1n) is 6.12. The van der Waals surface area contributed by atoms with Gasteiger partial charge in [0.15, 0.2) is 0 Å². The summed E-state index contributed by atoms with van der Waals surface area (Å²) in [4.78, 5) is 15.2. The molecule has 3 rings (SSSR count). The van der Waals surface area contributed by atoms with Crippen LogP contribution in [0, 0.1) is 0 Å². The molecule has 0 aliphatic carbocycles. The van der Waals surface area contributed by atoms with E-state index in [1.165, 1.54) is 0 Å². The van der Waals surface area contributed by atoms with E-state index < -0.39 is 5.91 Å². The zero-order valence-corrected chi connectivity index (χ0v) is 11.3. The smallest absolute Gasteiger partial charge is 0.267 e. The number of nitrogens with zero attached hydrogens (tertiary/aromatic N) is 2. The minimum absolute atomic E-state index is 0.276. The van der Waals surface area contributed by atoms with Gasteiger partial charge in [-0.25, -0.2) is 4.98 Å². The lowest BCUT2D eigenvalue weighted by Gasteiger charge is -2.06. The number of amides is 1. The topological polar surface area (TPSA) is 60.9 Å². The average molecular weight is 286 g/mol. The van der Waals surface area contributed by atoms with Gasteiger partial charge in [-0.2, -0.15) is 0 Å². The molecule has 20 heavy (non-hydrogen) atoms. The molecule has 4 nitrogen and oxygen atoms in total. The van der Waals surface area contributed by atoms with Crippen molar-refractivity contribution >= 4 is 28.4 Å². The lowest BCUT2D eigenvalue weighted by molar-refractivity contribution is 0.0996. The number of carbonyl (C=O) groups is 1. The molecule has 5 heteroatoms. The van der Waals surface area contributed by atoms with Gasteiger partial charge in [-0.3, -0.25) is 4.79 Å². The van der Waals surface area contributed by atoms with Crippen molar-refractivity contribution in [1.29, 1.82) is 0 Å². The summed E-state index contributed by atoms with van der Waals surface area (Å²) < 4.78 is 2.05. The Hall–Kier alpha value is -2.33. The van der Waals surface area contributed by atoms with Gasteiger partial charge in [0.25, 0.3) is 5.91 Å². The van der Waals surface area contributed by atoms with Crippen LogP contribution in [0.15, 0.2) is 48.8 Å². The van der Waals surface area contributed by atoms with Gasteiger partial charge in [0.05, 0.1) is 11.7 Å². The molecule has 0 aliphatic rings. The Kier molecular flexibility index (Phi) is 3.16. The van der Waals surface area contributed by atoms with E-state index in [0.29, 0.717) is 11.6 Å². The first-order chi connectivity index (χ1) is 9.63. The molecular formula is C15H12ClN3O. The van der Waals surface area contributed by atoms with E-state index in [9.17, 15) is 4.79 Å². The fourth-order valence-electron chi connectivity index (χ4n) is 2.19. The van der Waals surface area contributed by atoms with Crippen LogP contribution in [0.1, 0.15) is 16.1 Å². The third-order valence-corrected chi connectivity index (χ3v) is 3.39. The highest BCUT2D eigenvalue weighted by molar-refractivity contribution is 6.30. The van der Waals surface area contributed by atoms with Crippen molar-refractivity contribution < 1.29 is 4.79 Å². The summed E-state index contributed by atoms with van der Waals surface area (Å²) in [5, 5.41) is 1.66. The molecule has 1 aromatic carbocycles. The Morgan fingerprint density at radius 3 is 2.90 bits per heavy atom. The summed E-state index contributed by atoms with van der Waals surface area (Å²) in [5.41, 5.74) is 7.56. The minimum atomic E-state index is -0.519. The van der Waals surface area contributed by atoms with Crippen LogP contribution in [0.3, 0.4) is 0 Å². The maximum absolute atomic E-state index is 11.1. The van der Waals surface area contributed by atoms with Crippen LogP contribution in [-0.4, -0.2) is 15.5 Å². The van der Waals surface area contributed by atoms with Crippen LogP contribution in [0.25, 0.3) is 10.9 Å². The molecule has 0 bridgehead atoms. The molecule has 1 amide bonds. The number of halogens is 1. The van der Waals surface area contributed by atoms with Gasteiger partial charge in [0.1, 0.15) is 5.69 Å². The molecule has 0 saturated heterocycles. The maximum atomic E-state index is 11.1. The minimum Gasteiger partial charge on any atom is -0.364 e. The summed E-state index contributed by atoms with van der Waals surface area (Å²) >= 11 is 5.99. The van der Waals surface area contributed by atoms with Gasteiger partial charge in [0, 0.05) is 23.2 Å². The van der Waals surface area contributed by atoms with E-state index in [1.807, 2.05) is 36.5 Å². The number of hydrogen-bond donors (Lipinski definition) is 1. The standard InChI is InChI=1S/C15H12ClN3O/c16-12-3-1-2-10(6-12)9-19-5-4-11-7-13(15(17)20)18-8-14(11)19/h1-8H,9H2,(H2,17,20). The normalized spacial score (nSPS) is 10.8. The van der Waals surface area contributed by atoms with E-state index in [-0.39, 0.29) is 5.69 Å². The molecule has 0 atom stereocenters. The zero-order chi connectivity index (χ0) is 14.1. The highest BCUT2D eigenvalue weighted by Crippen LogP contribution is 2.18. The first kappa shape index (κ1) is 12.7. The van der Waals surface area contributed by atoms with Gasteiger partial charge in [-0.1, -0.05) is 23.7 Å². The van der Waals surface area contributed by atoms with Crippen LogP contribution in [0.5, 0.6) is 0 Å². The summed E-state index contributed by atoms with van der Waals surface area (Å²) in [6.45, 7) is 0.696. The molecule has 2 heterocycles. The third-order valence-electron chi connectivity index (χ3n) is 3.15. The zero-order valence-electron chi connectivity index (χ0n) is 10.6. The van der Waals surface area contributed by atoms with Crippen molar-refractivity contribution in [2.75, 3.05) is 0 Å². The second kappa shape index (κ2) is 4.98. The van der Waals surface area contributed by atoms with Gasteiger partial charge in [-0.05, 0) is 29.8 Å². The van der Waals surface area contributed by atoms with Crippen molar-refractivity contribution in [2.24, 2.45) is 5.73 Å². The molecular weight excluding hydrogens is 274 g/mol. The second-order valence-corrected chi connectivity index (χ2v) is 5.00. The highest BCUT2D eigenvalue weighted by Gasteiger charge is 2.07. The molecule has 0 spiro atoms. The van der Waals surface area contributed by atoms with Crippen LogP contribution in [0.4, 0.5) is 0 Å². The summed E-state index contributed by atoms with van der Waals surface area (Å²) in [6.07, 6.45) is 3.62. The van der Waals surface area contributed by atoms with Crippen LogP contribution in [-0.2, 0) is 6.54 Å². The van der Waals surface area contributed by atoms with E-state index in [1.54, 1.807) is 12.3 Å². The molecule has 3 aromatic rings. The molecule has 0 fully saturated rings. The van der Waals surface area contributed by atoms with Crippen molar-refractivity contribution in [3.8, 4) is 0 Å². The summed E-state index contributed by atoms with van der Waals surface area (Å²) in [5.74, 6) is -0.519. The van der Waals surface area contributed by atoms with Crippen molar-refractivity contribution in [3.05, 3.63) is 65.1 Å². The number of carbonyl (C=O) groups excluding carboxylic acids is 1. The first-order valence-corrected chi connectivity index (χ1v) is 6.50. The molecule has 100 valence electrons. The van der Waals surface area contributed by atoms with Crippen LogP contribution < -0.4 is 5.73 Å². The Morgan fingerprint density at radius 1 is 1.30 bits per heavy atom.